The van der Waals surface area contributed by atoms with Gasteiger partial charge in [0.05, 0.1) is 10.6 Å². The van der Waals surface area contributed by atoms with Crippen molar-refractivity contribution in [2.24, 2.45) is 0 Å². The van der Waals surface area contributed by atoms with Crippen LogP contribution in [0, 0.1) is 0 Å². The highest BCUT2D eigenvalue weighted by Crippen LogP contribution is 2.23. The van der Waals surface area contributed by atoms with Gasteiger partial charge in [-0.3, -0.25) is 0 Å². The number of rotatable bonds is 6. The van der Waals surface area contributed by atoms with E-state index in [2.05, 4.69) is 4.90 Å². The van der Waals surface area contributed by atoms with Crippen molar-refractivity contribution < 1.29 is 16.8 Å². The average molecular weight is 376 g/mol. The summed E-state index contributed by atoms with van der Waals surface area (Å²) in [6.45, 7) is 1.89. The molecule has 0 atom stereocenters. The minimum absolute atomic E-state index is 0.0814. The zero-order chi connectivity index (χ0) is 18.0. The molecule has 1 aliphatic heterocycles. The molecule has 2 rings (SSSR count). The van der Waals surface area contributed by atoms with Gasteiger partial charge in [0.15, 0.2) is 0 Å². The molecule has 0 unspecified atom stereocenters. The maximum Gasteiger partial charge on any atom is 0.243 e. The fourth-order valence-electron chi connectivity index (χ4n) is 2.80. The number of hydrogen-bond acceptors (Lipinski definition) is 6. The van der Waals surface area contributed by atoms with Crippen molar-refractivity contribution in [1.29, 1.82) is 0 Å². The van der Waals surface area contributed by atoms with Crippen molar-refractivity contribution in [3.05, 3.63) is 24.3 Å². The van der Waals surface area contributed by atoms with Crippen LogP contribution in [0.1, 0.15) is 12.8 Å². The van der Waals surface area contributed by atoms with Crippen molar-refractivity contribution in [1.82, 2.24) is 9.21 Å². The Hall–Kier alpha value is -1.16. The first-order valence-corrected chi connectivity index (χ1v) is 11.3. The number of sulfone groups is 1. The molecule has 0 radical (unpaired) electrons. The quantitative estimate of drug-likeness (QED) is 0.722. The molecule has 1 saturated heterocycles. The third kappa shape index (κ3) is 4.92. The van der Waals surface area contributed by atoms with Crippen LogP contribution in [0.4, 0.5) is 5.69 Å². The summed E-state index contributed by atoms with van der Waals surface area (Å²) >= 11 is 0. The molecular weight excluding hydrogens is 350 g/mol. The number of nitrogen functional groups attached to an aromatic ring is 1. The molecule has 0 aliphatic carbocycles. The van der Waals surface area contributed by atoms with Gasteiger partial charge >= 0.3 is 0 Å². The zero-order valence-corrected chi connectivity index (χ0v) is 15.7. The highest BCUT2D eigenvalue weighted by Gasteiger charge is 2.30. The van der Waals surface area contributed by atoms with Crippen molar-refractivity contribution in [2.75, 3.05) is 44.4 Å². The number of anilines is 1. The summed E-state index contributed by atoms with van der Waals surface area (Å²) in [5.74, 6) is 0.136. The molecule has 2 N–H and O–H groups in total. The van der Waals surface area contributed by atoms with E-state index in [0.29, 0.717) is 38.2 Å². The zero-order valence-electron chi connectivity index (χ0n) is 14.1. The van der Waals surface area contributed by atoms with Crippen molar-refractivity contribution in [2.45, 2.75) is 23.8 Å². The van der Waals surface area contributed by atoms with E-state index in [0.717, 1.165) is 0 Å². The largest absolute Gasteiger partial charge is 0.399 e. The smallest absolute Gasteiger partial charge is 0.243 e. The summed E-state index contributed by atoms with van der Waals surface area (Å²) in [5, 5.41) is 0. The second-order valence-electron chi connectivity index (χ2n) is 6.29. The van der Waals surface area contributed by atoms with Crippen LogP contribution in [-0.2, 0) is 19.9 Å². The number of benzene rings is 1. The first-order valence-electron chi connectivity index (χ1n) is 7.83. The lowest BCUT2D eigenvalue weighted by Crippen LogP contribution is -2.46. The van der Waals surface area contributed by atoms with Gasteiger partial charge in [-0.1, -0.05) is 0 Å². The number of nitrogens with two attached hydrogens (primary N) is 1. The minimum atomic E-state index is -3.55. The second-order valence-corrected chi connectivity index (χ2v) is 10.6. The maximum absolute atomic E-state index is 12.7. The molecule has 1 aliphatic rings. The Morgan fingerprint density at radius 3 is 2.17 bits per heavy atom. The van der Waals surface area contributed by atoms with Gasteiger partial charge in [0.1, 0.15) is 9.84 Å². The van der Waals surface area contributed by atoms with Gasteiger partial charge in [-0.2, -0.15) is 4.31 Å². The van der Waals surface area contributed by atoms with Gasteiger partial charge in [-0.05, 0) is 50.2 Å². The molecule has 0 spiro atoms. The molecule has 0 aromatic heterocycles. The van der Waals surface area contributed by atoms with Crippen LogP contribution in [0.25, 0.3) is 0 Å². The Balaban J connectivity index is 1.97. The first kappa shape index (κ1) is 19.2. The van der Waals surface area contributed by atoms with Crippen LogP contribution < -0.4 is 5.73 Å². The molecule has 24 heavy (non-hydrogen) atoms. The lowest BCUT2D eigenvalue weighted by atomic mass is 10.1. The van der Waals surface area contributed by atoms with E-state index in [9.17, 15) is 16.8 Å². The van der Waals surface area contributed by atoms with Crippen LogP contribution in [0.3, 0.4) is 0 Å². The van der Waals surface area contributed by atoms with E-state index >= 15 is 0 Å². The number of nitrogens with zero attached hydrogens (tertiary/aromatic N) is 2. The number of likely N-dealkylation sites (tertiary alicyclic amines) is 1. The van der Waals surface area contributed by atoms with Crippen LogP contribution >= 0.6 is 0 Å². The fourth-order valence-corrected chi connectivity index (χ4v) is 4.81. The number of piperidine rings is 1. The Labute approximate surface area is 144 Å². The predicted molar refractivity (Wildman–Crippen MR) is 95.0 cm³/mol. The molecular formula is C15H25N3O4S2. The summed E-state index contributed by atoms with van der Waals surface area (Å²) in [4.78, 5) is 2.31. The molecule has 9 heteroatoms. The highest BCUT2D eigenvalue weighted by molar-refractivity contribution is 7.90. The van der Waals surface area contributed by atoms with E-state index in [1.807, 2.05) is 0 Å². The Kier molecular flexibility index (Phi) is 5.90. The molecule has 1 aromatic rings. The summed E-state index contributed by atoms with van der Waals surface area (Å²) in [5.41, 5.74) is 6.13. The van der Waals surface area contributed by atoms with Gasteiger partial charge in [0, 0.05) is 31.6 Å². The monoisotopic (exact) mass is 375 g/mol. The van der Waals surface area contributed by atoms with Gasteiger partial charge in [-0.15, -0.1) is 0 Å². The van der Waals surface area contributed by atoms with Gasteiger partial charge in [-0.25, -0.2) is 16.8 Å². The third-order valence-corrected chi connectivity index (χ3v) is 7.26. The Morgan fingerprint density at radius 1 is 1.12 bits per heavy atom. The lowest BCUT2D eigenvalue weighted by molar-refractivity contribution is 0.177. The summed E-state index contributed by atoms with van der Waals surface area (Å²) in [7, 11) is -4.92. The van der Waals surface area contributed by atoms with E-state index < -0.39 is 19.9 Å². The van der Waals surface area contributed by atoms with Gasteiger partial charge in [0.25, 0.3) is 0 Å². The molecule has 7 nitrogen and oxygen atoms in total. The maximum atomic E-state index is 12.7. The average Bonchev–Trinajstić information content (AvgIpc) is 2.52. The number of sulfonamides is 1. The molecule has 0 bridgehead atoms. The Bertz CT molecular complexity index is 752. The fraction of sp³-hybridized carbons (Fsp3) is 0.600. The van der Waals surface area contributed by atoms with Crippen LogP contribution in [0.15, 0.2) is 29.2 Å². The minimum Gasteiger partial charge on any atom is -0.399 e. The van der Waals surface area contributed by atoms with Crippen molar-refractivity contribution in [3.63, 3.8) is 0 Å². The van der Waals surface area contributed by atoms with Crippen molar-refractivity contribution in [3.8, 4) is 0 Å². The third-order valence-electron chi connectivity index (χ3n) is 4.41. The standard InChI is InChI=1S/C15H25N3O4S2/c1-17(24(21,22)15-5-3-13(16)4-6-15)14-7-9-18(10-8-14)11-12-23(2,19)20/h3-6,14H,7-12,16H2,1-2H3. The SMILES string of the molecule is CN(C1CCN(CCS(C)(=O)=O)CC1)S(=O)(=O)c1ccc(N)cc1. The highest BCUT2D eigenvalue weighted by atomic mass is 32.2. The normalized spacial score (nSPS) is 18.1. The van der Waals surface area contributed by atoms with Gasteiger partial charge in [0.2, 0.25) is 10.0 Å². The van der Waals surface area contributed by atoms with E-state index in [1.54, 1.807) is 19.2 Å². The summed E-state index contributed by atoms with van der Waals surface area (Å²) in [6.07, 6.45) is 2.61. The topological polar surface area (TPSA) is 101 Å². The molecule has 1 heterocycles. The number of hydrogen-bond donors (Lipinski definition) is 1. The molecule has 0 saturated carbocycles. The second kappa shape index (κ2) is 7.38. The summed E-state index contributed by atoms with van der Waals surface area (Å²) in [6, 6.07) is 6.11. The first-order chi connectivity index (χ1) is 11.1. The van der Waals surface area contributed by atoms with E-state index in [4.69, 9.17) is 5.73 Å². The van der Waals surface area contributed by atoms with Crippen LogP contribution in [0.2, 0.25) is 0 Å². The van der Waals surface area contributed by atoms with Crippen LogP contribution in [0.5, 0.6) is 0 Å². The Morgan fingerprint density at radius 2 is 1.67 bits per heavy atom. The predicted octanol–water partition coefficient (Wildman–Crippen LogP) is 0.398. The lowest BCUT2D eigenvalue weighted by Gasteiger charge is -2.36. The molecule has 136 valence electrons. The van der Waals surface area contributed by atoms with E-state index in [1.165, 1.54) is 22.7 Å². The molecule has 1 aromatic carbocycles. The van der Waals surface area contributed by atoms with Crippen LogP contribution in [-0.4, -0.2) is 70.8 Å². The van der Waals surface area contributed by atoms with Gasteiger partial charge < -0.3 is 10.6 Å². The molecule has 1 fully saturated rings. The van der Waals surface area contributed by atoms with Crippen molar-refractivity contribution >= 4 is 25.5 Å². The molecule has 0 amide bonds. The van der Waals surface area contributed by atoms with E-state index in [-0.39, 0.29) is 16.7 Å². The summed E-state index contributed by atoms with van der Waals surface area (Å²) < 4.78 is 49.2.